The highest BCUT2D eigenvalue weighted by atomic mass is 16.5. The molecule has 6 heteroatoms. The molecule has 0 aliphatic carbocycles. The molecule has 0 amide bonds. The fourth-order valence-corrected chi connectivity index (χ4v) is 0.651. The van der Waals surface area contributed by atoms with E-state index in [2.05, 4.69) is 16.9 Å². The van der Waals surface area contributed by atoms with Crippen molar-refractivity contribution in [3.05, 3.63) is 17.7 Å². The molecule has 0 aliphatic rings. The van der Waals surface area contributed by atoms with Crippen molar-refractivity contribution in [2.45, 2.75) is 20.3 Å². The summed E-state index contributed by atoms with van der Waals surface area (Å²) in [5, 5.41) is 21.5. The van der Waals surface area contributed by atoms with Crippen LogP contribution in [0.2, 0.25) is 0 Å². The van der Waals surface area contributed by atoms with Crippen molar-refractivity contribution in [2.75, 3.05) is 0 Å². The van der Waals surface area contributed by atoms with E-state index in [0.29, 0.717) is 0 Å². The van der Waals surface area contributed by atoms with Crippen molar-refractivity contribution in [1.29, 1.82) is 0 Å². The summed E-state index contributed by atoms with van der Waals surface area (Å²) in [6.45, 7) is 4.06. The minimum atomic E-state index is -2.17. The van der Waals surface area contributed by atoms with E-state index in [0.717, 1.165) is 12.2 Å². The molecule has 1 rings (SSSR count). The molecule has 0 aliphatic heterocycles. The Hall–Kier alpha value is -0.845. The molecule has 1 aromatic rings. The van der Waals surface area contributed by atoms with Gasteiger partial charge in [-0.3, -0.25) is 0 Å². The van der Waals surface area contributed by atoms with Crippen LogP contribution < -0.4 is 0 Å². The number of nitrogens with one attached hydrogen (secondary N) is 1. The van der Waals surface area contributed by atoms with E-state index in [1.165, 1.54) is 5.69 Å². The van der Waals surface area contributed by atoms with Gasteiger partial charge >= 0.3 is 7.32 Å². The van der Waals surface area contributed by atoms with Gasteiger partial charge in [0.25, 0.3) is 0 Å². The minimum absolute atomic E-state index is 1.00. The van der Waals surface area contributed by atoms with Crippen molar-refractivity contribution in [3.8, 4) is 0 Å². The Balaban J connectivity index is 0.000000261. The molecule has 0 saturated heterocycles. The summed E-state index contributed by atoms with van der Waals surface area (Å²) >= 11 is 0. The molecule has 0 aromatic carbocycles. The third-order valence-corrected chi connectivity index (χ3v) is 1.14. The largest absolute Gasteiger partial charge is 0.631 e. The predicted octanol–water partition coefficient (Wildman–Crippen LogP) is -0.771. The Morgan fingerprint density at radius 1 is 1.50 bits per heavy atom. The SMILES string of the molecule is CCc1cnc(C)[nH]1.OB(O)O. The second-order valence-electron chi connectivity index (χ2n) is 2.19. The first-order valence-electron chi connectivity index (χ1n) is 3.61. The van der Waals surface area contributed by atoms with E-state index >= 15 is 0 Å². The van der Waals surface area contributed by atoms with Crippen LogP contribution in [0.1, 0.15) is 18.4 Å². The Morgan fingerprint density at radius 2 is 2.00 bits per heavy atom. The van der Waals surface area contributed by atoms with Gasteiger partial charge in [-0.15, -0.1) is 0 Å². The van der Waals surface area contributed by atoms with Gasteiger partial charge in [0, 0.05) is 11.9 Å². The number of aromatic amines is 1. The number of nitrogens with zero attached hydrogens (tertiary/aromatic N) is 1. The maximum Gasteiger partial charge on any atom is 0.631 e. The maximum absolute atomic E-state index is 7.17. The fraction of sp³-hybridized carbons (Fsp3) is 0.500. The molecule has 1 aromatic heterocycles. The van der Waals surface area contributed by atoms with E-state index in [4.69, 9.17) is 15.1 Å². The fourth-order valence-electron chi connectivity index (χ4n) is 0.651. The average Bonchev–Trinajstić information content (AvgIpc) is 2.34. The molecule has 0 bridgehead atoms. The second kappa shape index (κ2) is 5.76. The summed E-state index contributed by atoms with van der Waals surface area (Å²) < 4.78 is 0. The first kappa shape index (κ1) is 11.2. The summed E-state index contributed by atoms with van der Waals surface area (Å²) in [7, 11) is -2.17. The molecule has 0 saturated carbocycles. The van der Waals surface area contributed by atoms with Crippen LogP contribution >= 0.6 is 0 Å². The Bertz CT molecular complexity index is 212. The van der Waals surface area contributed by atoms with Gasteiger partial charge in [0.2, 0.25) is 0 Å². The highest BCUT2D eigenvalue weighted by Gasteiger charge is 1.92. The number of hydrogen-bond donors (Lipinski definition) is 4. The molecule has 0 radical (unpaired) electrons. The molecule has 4 N–H and O–H groups in total. The number of aryl methyl sites for hydroxylation is 2. The number of H-pyrrole nitrogens is 1. The molecule has 0 atom stereocenters. The Morgan fingerprint density at radius 3 is 2.17 bits per heavy atom. The summed E-state index contributed by atoms with van der Waals surface area (Å²) in [6.07, 6.45) is 2.91. The number of aromatic nitrogens is 2. The van der Waals surface area contributed by atoms with Gasteiger partial charge < -0.3 is 20.1 Å². The Kier molecular flexibility index (Phi) is 5.36. The van der Waals surface area contributed by atoms with E-state index in [-0.39, 0.29) is 0 Å². The van der Waals surface area contributed by atoms with Crippen LogP contribution in [-0.2, 0) is 6.42 Å². The number of rotatable bonds is 1. The van der Waals surface area contributed by atoms with E-state index in [9.17, 15) is 0 Å². The lowest BCUT2D eigenvalue weighted by Gasteiger charge is -1.82. The summed E-state index contributed by atoms with van der Waals surface area (Å²) in [4.78, 5) is 7.15. The highest BCUT2D eigenvalue weighted by molar-refractivity contribution is 6.30. The van der Waals surface area contributed by atoms with Crippen molar-refractivity contribution >= 4 is 7.32 Å². The lowest BCUT2D eigenvalue weighted by molar-refractivity contribution is 0.278. The van der Waals surface area contributed by atoms with Crippen LogP contribution in [0.5, 0.6) is 0 Å². The minimum Gasteiger partial charge on any atom is -0.402 e. The van der Waals surface area contributed by atoms with Crippen LogP contribution in [0.4, 0.5) is 0 Å². The lowest BCUT2D eigenvalue weighted by atomic mass is 10.3. The highest BCUT2D eigenvalue weighted by Crippen LogP contribution is 1.94. The van der Waals surface area contributed by atoms with Gasteiger partial charge in [-0.25, -0.2) is 4.98 Å². The molecule has 68 valence electrons. The molecule has 0 unspecified atom stereocenters. The number of hydrogen-bond acceptors (Lipinski definition) is 4. The molecule has 5 nitrogen and oxygen atoms in total. The van der Waals surface area contributed by atoms with Crippen LogP contribution in [0.25, 0.3) is 0 Å². The van der Waals surface area contributed by atoms with E-state index in [1.807, 2.05) is 13.1 Å². The zero-order chi connectivity index (χ0) is 9.56. The van der Waals surface area contributed by atoms with Crippen LogP contribution in [0, 0.1) is 6.92 Å². The van der Waals surface area contributed by atoms with Crippen LogP contribution in [-0.4, -0.2) is 32.4 Å². The molecule has 0 fully saturated rings. The molecule has 12 heavy (non-hydrogen) atoms. The monoisotopic (exact) mass is 172 g/mol. The standard InChI is InChI=1S/C6H10N2.BH3O3/c1-3-6-4-7-5(2)8-6;2-1(3)4/h4H,3H2,1-2H3,(H,7,8);2-4H. The zero-order valence-electron chi connectivity index (χ0n) is 7.15. The molecule has 0 spiro atoms. The third-order valence-electron chi connectivity index (χ3n) is 1.14. The Labute approximate surface area is 71.3 Å². The first-order valence-corrected chi connectivity index (χ1v) is 3.61. The van der Waals surface area contributed by atoms with Gasteiger partial charge in [-0.1, -0.05) is 6.92 Å². The first-order chi connectivity index (χ1) is 5.56. The zero-order valence-corrected chi connectivity index (χ0v) is 7.15. The quantitative estimate of drug-likeness (QED) is 0.418. The van der Waals surface area contributed by atoms with E-state index in [1.54, 1.807) is 0 Å². The van der Waals surface area contributed by atoms with Gasteiger partial charge in [-0.05, 0) is 13.3 Å². The topological polar surface area (TPSA) is 89.4 Å². The lowest BCUT2D eigenvalue weighted by Crippen LogP contribution is -2.07. The van der Waals surface area contributed by atoms with E-state index < -0.39 is 7.32 Å². The van der Waals surface area contributed by atoms with Crippen LogP contribution in [0.3, 0.4) is 0 Å². The predicted molar refractivity (Wildman–Crippen MR) is 45.1 cm³/mol. The summed E-state index contributed by atoms with van der Waals surface area (Å²) in [6, 6.07) is 0. The normalized spacial score (nSPS) is 8.75. The van der Waals surface area contributed by atoms with Crippen molar-refractivity contribution in [3.63, 3.8) is 0 Å². The molecule has 1 heterocycles. The van der Waals surface area contributed by atoms with Crippen molar-refractivity contribution in [1.82, 2.24) is 9.97 Å². The maximum atomic E-state index is 7.17. The number of imidazole rings is 1. The van der Waals surface area contributed by atoms with Gasteiger partial charge in [0.15, 0.2) is 0 Å². The average molecular weight is 172 g/mol. The summed E-state index contributed by atoms with van der Waals surface area (Å²) in [5.74, 6) is 1.00. The third kappa shape index (κ3) is 5.90. The van der Waals surface area contributed by atoms with Gasteiger partial charge in [0.1, 0.15) is 5.82 Å². The summed E-state index contributed by atoms with van der Waals surface area (Å²) in [5.41, 5.74) is 1.21. The smallest absolute Gasteiger partial charge is 0.402 e. The second-order valence-corrected chi connectivity index (χ2v) is 2.19. The van der Waals surface area contributed by atoms with Gasteiger partial charge in [-0.2, -0.15) is 0 Å². The van der Waals surface area contributed by atoms with Crippen LogP contribution in [0.15, 0.2) is 6.20 Å². The van der Waals surface area contributed by atoms with Crippen molar-refractivity contribution in [2.24, 2.45) is 0 Å². The van der Waals surface area contributed by atoms with Gasteiger partial charge in [0.05, 0.1) is 0 Å². The van der Waals surface area contributed by atoms with Crippen molar-refractivity contribution < 1.29 is 15.1 Å². The molecular weight excluding hydrogens is 159 g/mol. The molecular formula is C6H13BN2O3.